The number of anilines is 1. The molecule has 132 valence electrons. The van der Waals surface area contributed by atoms with Crippen molar-refractivity contribution in [3.05, 3.63) is 83.2 Å². The molecule has 0 aliphatic carbocycles. The van der Waals surface area contributed by atoms with E-state index in [9.17, 15) is 9.90 Å². The number of carbonyl (C=O) groups is 1. The van der Waals surface area contributed by atoms with Gasteiger partial charge < -0.3 is 5.11 Å². The van der Waals surface area contributed by atoms with Crippen molar-refractivity contribution in [1.29, 1.82) is 0 Å². The fourth-order valence-corrected chi connectivity index (χ4v) is 2.83. The van der Waals surface area contributed by atoms with Crippen LogP contribution in [0, 0.1) is 5.82 Å². The number of aromatic hydroxyl groups is 1. The standard InChI is InChI=1S/C21H18FNO3/c1-13(24)15-3-2-4-16(12-15)20-19(25)10-7-17(21(20)22)11-14-5-8-18(23-26)9-6-14/h2-10,12,23,25-26H,11H2,1H3. The van der Waals surface area contributed by atoms with Gasteiger partial charge >= 0.3 is 0 Å². The summed E-state index contributed by atoms with van der Waals surface area (Å²) in [5.41, 5.74) is 4.87. The van der Waals surface area contributed by atoms with Crippen LogP contribution in [0.25, 0.3) is 11.1 Å². The molecule has 4 nitrogen and oxygen atoms in total. The Morgan fingerprint density at radius 1 is 1.08 bits per heavy atom. The van der Waals surface area contributed by atoms with Crippen LogP contribution in [0.1, 0.15) is 28.4 Å². The highest BCUT2D eigenvalue weighted by Gasteiger charge is 2.16. The Morgan fingerprint density at radius 3 is 2.46 bits per heavy atom. The van der Waals surface area contributed by atoms with Crippen molar-refractivity contribution in [3.63, 3.8) is 0 Å². The zero-order valence-electron chi connectivity index (χ0n) is 14.2. The highest BCUT2D eigenvalue weighted by molar-refractivity contribution is 5.95. The van der Waals surface area contributed by atoms with Crippen LogP contribution in [0.3, 0.4) is 0 Å². The average Bonchev–Trinajstić information content (AvgIpc) is 2.65. The fourth-order valence-electron chi connectivity index (χ4n) is 2.83. The monoisotopic (exact) mass is 351 g/mol. The predicted molar refractivity (Wildman–Crippen MR) is 98.2 cm³/mol. The normalized spacial score (nSPS) is 10.6. The van der Waals surface area contributed by atoms with Gasteiger partial charge in [0.05, 0.1) is 11.3 Å². The summed E-state index contributed by atoms with van der Waals surface area (Å²) >= 11 is 0. The molecule has 0 radical (unpaired) electrons. The number of rotatable bonds is 5. The highest BCUT2D eigenvalue weighted by atomic mass is 19.1. The summed E-state index contributed by atoms with van der Waals surface area (Å²) in [6.45, 7) is 1.44. The Hall–Kier alpha value is -3.18. The summed E-state index contributed by atoms with van der Waals surface area (Å²) in [6, 6.07) is 16.5. The quantitative estimate of drug-likeness (QED) is 0.456. The third kappa shape index (κ3) is 3.58. The van der Waals surface area contributed by atoms with E-state index in [1.165, 1.54) is 13.0 Å². The van der Waals surface area contributed by atoms with E-state index in [4.69, 9.17) is 5.21 Å². The molecule has 0 aliphatic rings. The zero-order chi connectivity index (χ0) is 18.7. The van der Waals surface area contributed by atoms with Crippen molar-refractivity contribution in [3.8, 4) is 16.9 Å². The van der Waals surface area contributed by atoms with Crippen molar-refractivity contribution < 1.29 is 19.5 Å². The van der Waals surface area contributed by atoms with Crippen LogP contribution in [-0.4, -0.2) is 16.1 Å². The molecule has 26 heavy (non-hydrogen) atoms. The number of phenols is 1. The Labute approximate surface area is 150 Å². The second-order valence-electron chi connectivity index (χ2n) is 6.06. The lowest BCUT2D eigenvalue weighted by Gasteiger charge is -2.12. The Balaban J connectivity index is 2.00. The summed E-state index contributed by atoms with van der Waals surface area (Å²) in [7, 11) is 0. The van der Waals surface area contributed by atoms with Crippen LogP contribution in [-0.2, 0) is 6.42 Å². The minimum atomic E-state index is -0.518. The Kier molecular flexibility index (Phi) is 5.00. The smallest absolute Gasteiger partial charge is 0.159 e. The van der Waals surface area contributed by atoms with Crippen LogP contribution in [0.5, 0.6) is 5.75 Å². The molecule has 0 aliphatic heterocycles. The fraction of sp³-hybridized carbons (Fsp3) is 0.0952. The topological polar surface area (TPSA) is 69.6 Å². The van der Waals surface area contributed by atoms with E-state index in [0.717, 1.165) is 5.56 Å². The molecule has 0 saturated heterocycles. The summed E-state index contributed by atoms with van der Waals surface area (Å²) in [6.07, 6.45) is 0.331. The third-order valence-corrected chi connectivity index (χ3v) is 4.24. The van der Waals surface area contributed by atoms with E-state index in [2.05, 4.69) is 0 Å². The summed E-state index contributed by atoms with van der Waals surface area (Å²) in [5, 5.41) is 19.0. The van der Waals surface area contributed by atoms with Gasteiger partial charge in [0.25, 0.3) is 0 Å². The number of Topliss-reactive ketones (excluding diaryl/α,β-unsaturated/α-hetero) is 1. The molecule has 5 heteroatoms. The van der Waals surface area contributed by atoms with Gasteiger partial charge in [-0.1, -0.05) is 36.4 Å². The van der Waals surface area contributed by atoms with Gasteiger partial charge in [0.15, 0.2) is 5.78 Å². The van der Waals surface area contributed by atoms with Crippen LogP contribution >= 0.6 is 0 Å². The zero-order valence-corrected chi connectivity index (χ0v) is 14.2. The van der Waals surface area contributed by atoms with E-state index in [1.54, 1.807) is 54.6 Å². The first-order valence-corrected chi connectivity index (χ1v) is 8.10. The lowest BCUT2D eigenvalue weighted by molar-refractivity contribution is 0.101. The number of ketones is 1. The summed E-state index contributed by atoms with van der Waals surface area (Å²) < 4.78 is 15.1. The number of phenolic OH excluding ortho intramolecular Hbond substituents is 1. The van der Waals surface area contributed by atoms with Crippen molar-refractivity contribution in [2.24, 2.45) is 0 Å². The summed E-state index contributed by atoms with van der Waals surface area (Å²) in [5.74, 6) is -0.817. The number of benzene rings is 3. The SMILES string of the molecule is CC(=O)c1cccc(-c2c(O)ccc(Cc3ccc(NO)cc3)c2F)c1. The third-order valence-electron chi connectivity index (χ3n) is 4.24. The molecular formula is C21H18FNO3. The first kappa shape index (κ1) is 17.6. The minimum Gasteiger partial charge on any atom is -0.507 e. The van der Waals surface area contributed by atoms with Crippen LogP contribution < -0.4 is 5.48 Å². The molecule has 0 spiro atoms. The van der Waals surface area contributed by atoms with Gasteiger partial charge in [0, 0.05) is 12.0 Å². The second-order valence-corrected chi connectivity index (χ2v) is 6.06. The van der Waals surface area contributed by atoms with Gasteiger partial charge in [-0.15, -0.1) is 0 Å². The maximum atomic E-state index is 15.1. The van der Waals surface area contributed by atoms with Gasteiger partial charge in [-0.05, 0) is 47.9 Å². The molecule has 0 atom stereocenters. The van der Waals surface area contributed by atoms with E-state index in [0.29, 0.717) is 28.8 Å². The Bertz CT molecular complexity index is 952. The molecule has 3 N–H and O–H groups in total. The van der Waals surface area contributed by atoms with Gasteiger partial charge in [-0.3, -0.25) is 15.5 Å². The number of nitrogens with one attached hydrogen (secondary N) is 1. The molecule has 0 aromatic heterocycles. The van der Waals surface area contributed by atoms with E-state index in [-0.39, 0.29) is 17.1 Å². The largest absolute Gasteiger partial charge is 0.507 e. The molecule has 0 saturated carbocycles. The highest BCUT2D eigenvalue weighted by Crippen LogP contribution is 2.35. The number of hydrogen-bond donors (Lipinski definition) is 3. The molecule has 0 unspecified atom stereocenters. The number of halogens is 1. The maximum Gasteiger partial charge on any atom is 0.159 e. The molecule has 3 aromatic rings. The molecular weight excluding hydrogens is 333 g/mol. The van der Waals surface area contributed by atoms with Crippen molar-refractivity contribution in [1.82, 2.24) is 0 Å². The second kappa shape index (κ2) is 7.37. The van der Waals surface area contributed by atoms with Gasteiger partial charge in [-0.2, -0.15) is 0 Å². The lowest BCUT2D eigenvalue weighted by atomic mass is 9.95. The first-order valence-electron chi connectivity index (χ1n) is 8.10. The molecule has 0 fully saturated rings. The van der Waals surface area contributed by atoms with Gasteiger partial charge in [-0.25, -0.2) is 4.39 Å². The molecule has 3 rings (SSSR count). The predicted octanol–water partition coefficient (Wildman–Crippen LogP) is 4.79. The van der Waals surface area contributed by atoms with Crippen LogP contribution in [0.2, 0.25) is 0 Å². The van der Waals surface area contributed by atoms with E-state index in [1.807, 2.05) is 5.48 Å². The lowest BCUT2D eigenvalue weighted by Crippen LogP contribution is -1.98. The molecule has 0 heterocycles. The summed E-state index contributed by atoms with van der Waals surface area (Å²) in [4.78, 5) is 11.6. The number of hydrogen-bond acceptors (Lipinski definition) is 4. The molecule has 0 amide bonds. The Morgan fingerprint density at radius 2 is 1.81 bits per heavy atom. The maximum absolute atomic E-state index is 15.1. The first-order chi connectivity index (χ1) is 12.5. The van der Waals surface area contributed by atoms with Gasteiger partial charge in [0.1, 0.15) is 11.6 Å². The van der Waals surface area contributed by atoms with Crippen LogP contribution in [0.4, 0.5) is 10.1 Å². The van der Waals surface area contributed by atoms with Crippen molar-refractivity contribution in [2.45, 2.75) is 13.3 Å². The van der Waals surface area contributed by atoms with Gasteiger partial charge in [0.2, 0.25) is 0 Å². The average molecular weight is 351 g/mol. The molecule has 0 bridgehead atoms. The van der Waals surface area contributed by atoms with Crippen molar-refractivity contribution >= 4 is 11.5 Å². The molecule has 3 aromatic carbocycles. The van der Waals surface area contributed by atoms with Crippen molar-refractivity contribution in [2.75, 3.05) is 5.48 Å². The van der Waals surface area contributed by atoms with E-state index >= 15 is 4.39 Å². The minimum absolute atomic E-state index is 0.0826. The number of carbonyl (C=O) groups excluding carboxylic acids is 1. The van der Waals surface area contributed by atoms with Crippen LogP contribution in [0.15, 0.2) is 60.7 Å². The van der Waals surface area contributed by atoms with E-state index < -0.39 is 5.82 Å².